The quantitative estimate of drug-likeness (QED) is 0.181. The Hall–Kier alpha value is 0.170. The highest BCUT2D eigenvalue weighted by Crippen LogP contribution is 2.36. The molecule has 0 saturated heterocycles. The van der Waals surface area contributed by atoms with Gasteiger partial charge in [0.1, 0.15) is 23.6 Å². The maximum Gasteiger partial charge on any atom is 0.321 e. The number of aliphatic carboxylic acids is 2. The molecule has 2 aromatic carbocycles. The first-order valence-electron chi connectivity index (χ1n) is 8.28. The number of benzene rings is 2. The van der Waals surface area contributed by atoms with Crippen LogP contribution in [0.5, 0.6) is 17.2 Å². The lowest BCUT2D eigenvalue weighted by Gasteiger charge is -2.14. The molecule has 0 aliphatic heterocycles. The van der Waals surface area contributed by atoms with E-state index in [-0.39, 0.29) is 17.9 Å². The zero-order valence-corrected chi connectivity index (χ0v) is 25.1. The third-order valence-electron chi connectivity index (χ3n) is 3.56. The van der Waals surface area contributed by atoms with Crippen LogP contribution in [0.25, 0.3) is 0 Å². The number of ether oxygens (including phenoxy) is 1. The maximum atomic E-state index is 10.9. The Morgan fingerprint density at radius 3 is 1.71 bits per heavy atom. The number of nitrogens with two attached hydrogens (primary N) is 2. The van der Waals surface area contributed by atoms with Crippen molar-refractivity contribution in [1.29, 1.82) is 0 Å². The minimum Gasteiger partial charge on any atom is -0.506 e. The van der Waals surface area contributed by atoms with Crippen molar-refractivity contribution in [3.8, 4) is 17.2 Å². The van der Waals surface area contributed by atoms with Crippen LogP contribution in [0.15, 0.2) is 24.3 Å². The first kappa shape index (κ1) is 29.2. The number of thiol groups is 1. The standard InChI is InChI=1S/C15H11I4NO4.C3H7NO2S/c16-8-4-7(5-9(17)13(8)21)24-14-10(18)1-6(2-11(14)19)3-12(20)15(22)23;4-2(1-7)3(5)6/h1-2,4-5,12,21H,3,20H2,(H,22,23);2,7H,1,4H2,(H,5,6). The zero-order chi connectivity index (χ0) is 23.9. The number of aromatic hydroxyl groups is 1. The van der Waals surface area contributed by atoms with Gasteiger partial charge in [0.25, 0.3) is 0 Å². The van der Waals surface area contributed by atoms with Crippen LogP contribution in [0.3, 0.4) is 0 Å². The molecule has 13 heteroatoms. The molecule has 2 unspecified atom stereocenters. The average Bonchev–Trinajstić information content (AvgIpc) is 2.68. The number of carboxylic acids is 2. The highest BCUT2D eigenvalue weighted by Gasteiger charge is 2.16. The molecule has 0 saturated carbocycles. The summed E-state index contributed by atoms with van der Waals surface area (Å²) in [6, 6.07) is 5.53. The van der Waals surface area contributed by atoms with E-state index in [1.807, 2.05) is 12.1 Å². The van der Waals surface area contributed by atoms with Gasteiger partial charge in [-0.1, -0.05) is 0 Å². The van der Waals surface area contributed by atoms with Gasteiger partial charge in [-0.3, -0.25) is 9.59 Å². The number of phenolic OH excluding ortho intramolecular Hbond substituents is 1. The second-order valence-corrected chi connectivity index (χ2v) is 11.0. The Kier molecular flexibility index (Phi) is 13.0. The second-order valence-electron chi connectivity index (χ2n) is 6.00. The van der Waals surface area contributed by atoms with E-state index in [0.717, 1.165) is 12.7 Å². The Morgan fingerprint density at radius 1 is 0.903 bits per heavy atom. The molecule has 2 aromatic rings. The summed E-state index contributed by atoms with van der Waals surface area (Å²) in [6.07, 6.45) is 0.261. The van der Waals surface area contributed by atoms with E-state index in [2.05, 4.69) is 103 Å². The lowest BCUT2D eigenvalue weighted by Crippen LogP contribution is -2.32. The van der Waals surface area contributed by atoms with Gasteiger partial charge in [0, 0.05) is 5.75 Å². The maximum absolute atomic E-state index is 10.9. The zero-order valence-electron chi connectivity index (χ0n) is 15.6. The number of rotatable bonds is 7. The monoisotopic (exact) mass is 898 g/mol. The third-order valence-corrected chi connectivity index (χ3v) is 7.20. The van der Waals surface area contributed by atoms with Crippen LogP contribution < -0.4 is 16.2 Å². The highest BCUT2D eigenvalue weighted by atomic mass is 127. The smallest absolute Gasteiger partial charge is 0.321 e. The van der Waals surface area contributed by atoms with Gasteiger partial charge in [-0.25, -0.2) is 0 Å². The molecule has 0 spiro atoms. The molecule has 7 N–H and O–H groups in total. The third kappa shape index (κ3) is 9.51. The summed E-state index contributed by atoms with van der Waals surface area (Å²) in [5, 5.41) is 26.8. The van der Waals surface area contributed by atoms with Crippen LogP contribution >= 0.6 is 103 Å². The van der Waals surface area contributed by atoms with Crippen molar-refractivity contribution in [3.63, 3.8) is 0 Å². The average molecular weight is 898 g/mol. The van der Waals surface area contributed by atoms with Crippen LogP contribution in [-0.4, -0.2) is 45.1 Å². The molecule has 0 aliphatic rings. The highest BCUT2D eigenvalue weighted by molar-refractivity contribution is 14.1. The van der Waals surface area contributed by atoms with E-state index in [9.17, 15) is 14.7 Å². The normalized spacial score (nSPS) is 12.4. The lowest BCUT2D eigenvalue weighted by atomic mass is 10.1. The van der Waals surface area contributed by atoms with Gasteiger partial charge in [0.05, 0.1) is 14.3 Å². The number of carboxylic acid groups (broad SMARTS) is 2. The molecular weight excluding hydrogens is 880 g/mol. The fraction of sp³-hybridized carbons (Fsp3) is 0.222. The summed E-state index contributed by atoms with van der Waals surface area (Å²) >= 11 is 12.1. The summed E-state index contributed by atoms with van der Waals surface area (Å²) in [5.74, 6) is -0.266. The molecule has 31 heavy (non-hydrogen) atoms. The predicted molar refractivity (Wildman–Crippen MR) is 154 cm³/mol. The predicted octanol–water partition coefficient (Wildman–Crippen LogP) is 3.89. The van der Waals surface area contributed by atoms with E-state index >= 15 is 0 Å². The first-order valence-corrected chi connectivity index (χ1v) is 13.2. The summed E-state index contributed by atoms with van der Waals surface area (Å²) < 4.78 is 9.14. The first-order chi connectivity index (χ1) is 14.4. The van der Waals surface area contributed by atoms with Crippen LogP contribution in [0.1, 0.15) is 5.56 Å². The molecule has 0 fully saturated rings. The van der Waals surface area contributed by atoms with E-state index in [1.54, 1.807) is 12.1 Å². The Morgan fingerprint density at radius 2 is 1.35 bits per heavy atom. The molecule has 170 valence electrons. The summed E-state index contributed by atoms with van der Waals surface area (Å²) in [5.41, 5.74) is 11.4. The van der Waals surface area contributed by atoms with Gasteiger partial charge in [-0.15, -0.1) is 0 Å². The molecule has 0 aromatic heterocycles. The molecular formula is C18H18I4N2O6S. The van der Waals surface area contributed by atoms with Gasteiger partial charge in [0.15, 0.2) is 5.75 Å². The summed E-state index contributed by atoms with van der Waals surface area (Å²) in [6.45, 7) is 0. The summed E-state index contributed by atoms with van der Waals surface area (Å²) in [4.78, 5) is 20.7. The largest absolute Gasteiger partial charge is 0.506 e. The fourth-order valence-electron chi connectivity index (χ4n) is 1.97. The van der Waals surface area contributed by atoms with Crippen LogP contribution in [0, 0.1) is 14.3 Å². The van der Waals surface area contributed by atoms with E-state index in [1.165, 1.54) is 0 Å². The minimum atomic E-state index is -1.02. The number of phenols is 1. The number of halogens is 4. The number of hydrogen-bond donors (Lipinski definition) is 6. The number of carbonyl (C=O) groups is 2. The Balaban J connectivity index is 0.000000592. The lowest BCUT2D eigenvalue weighted by molar-refractivity contribution is -0.139. The van der Waals surface area contributed by atoms with Crippen LogP contribution in [-0.2, 0) is 16.0 Å². The van der Waals surface area contributed by atoms with Crippen LogP contribution in [0.2, 0.25) is 0 Å². The van der Waals surface area contributed by atoms with Crippen molar-refractivity contribution < 1.29 is 29.6 Å². The van der Waals surface area contributed by atoms with Crippen molar-refractivity contribution >= 4 is 115 Å². The van der Waals surface area contributed by atoms with Gasteiger partial charge >= 0.3 is 11.9 Å². The molecule has 0 amide bonds. The molecule has 0 bridgehead atoms. The van der Waals surface area contributed by atoms with Gasteiger partial charge in [-0.2, -0.15) is 12.6 Å². The van der Waals surface area contributed by atoms with Crippen LogP contribution in [0.4, 0.5) is 0 Å². The van der Waals surface area contributed by atoms with E-state index in [0.29, 0.717) is 18.6 Å². The summed E-state index contributed by atoms with van der Waals surface area (Å²) in [7, 11) is 0. The van der Waals surface area contributed by atoms with E-state index in [4.69, 9.17) is 26.4 Å². The van der Waals surface area contributed by atoms with Crippen molar-refractivity contribution in [2.45, 2.75) is 18.5 Å². The van der Waals surface area contributed by atoms with Crippen molar-refractivity contribution in [3.05, 3.63) is 44.1 Å². The molecule has 0 radical (unpaired) electrons. The fourth-order valence-corrected chi connectivity index (χ4v) is 5.95. The van der Waals surface area contributed by atoms with E-state index < -0.39 is 24.0 Å². The Labute approximate surface area is 238 Å². The molecule has 2 rings (SSSR count). The Bertz CT molecular complexity index is 917. The second kappa shape index (κ2) is 13.8. The minimum absolute atomic E-state index is 0.190. The van der Waals surface area contributed by atoms with Gasteiger partial charge < -0.3 is 31.5 Å². The van der Waals surface area contributed by atoms with Crippen molar-refractivity contribution in [1.82, 2.24) is 0 Å². The molecule has 2 atom stereocenters. The molecule has 0 heterocycles. The van der Waals surface area contributed by atoms with Crippen molar-refractivity contribution in [2.24, 2.45) is 11.5 Å². The molecule has 8 nitrogen and oxygen atoms in total. The molecule has 0 aliphatic carbocycles. The van der Waals surface area contributed by atoms with Crippen molar-refractivity contribution in [2.75, 3.05) is 5.75 Å². The number of hydrogen-bond acceptors (Lipinski definition) is 7. The topological polar surface area (TPSA) is 156 Å². The van der Waals surface area contributed by atoms with Gasteiger partial charge in [-0.05, 0) is 127 Å². The SMILES string of the molecule is NC(CS)C(=O)O.NC(Cc1cc(I)c(Oc2cc(I)c(O)c(I)c2)c(I)c1)C(=O)O. The van der Waals surface area contributed by atoms with Gasteiger partial charge in [0.2, 0.25) is 0 Å².